The van der Waals surface area contributed by atoms with E-state index < -0.39 is 5.41 Å². The first-order valence-electron chi connectivity index (χ1n) is 6.77. The molecule has 0 fully saturated rings. The Morgan fingerprint density at radius 3 is 2.86 bits per heavy atom. The lowest BCUT2D eigenvalue weighted by molar-refractivity contribution is -0.125. The molecule has 0 spiro atoms. The highest BCUT2D eigenvalue weighted by Crippen LogP contribution is 2.19. The van der Waals surface area contributed by atoms with Crippen molar-refractivity contribution in [2.45, 2.75) is 26.8 Å². The molecule has 0 bridgehead atoms. The third-order valence-electron chi connectivity index (χ3n) is 3.50. The van der Waals surface area contributed by atoms with Crippen molar-refractivity contribution in [1.82, 2.24) is 25.5 Å². The average molecular weight is 288 g/mol. The van der Waals surface area contributed by atoms with Crippen molar-refractivity contribution in [3.05, 3.63) is 36.2 Å². The second kappa shape index (κ2) is 6.01. The molecule has 112 valence electrons. The lowest BCUT2D eigenvalue weighted by Gasteiger charge is -2.24. The molecule has 0 radical (unpaired) electrons. The van der Waals surface area contributed by atoms with E-state index in [1.807, 2.05) is 45.0 Å². The van der Waals surface area contributed by atoms with Gasteiger partial charge >= 0.3 is 0 Å². The van der Waals surface area contributed by atoms with E-state index >= 15 is 0 Å². The summed E-state index contributed by atoms with van der Waals surface area (Å²) in [7, 11) is 0. The van der Waals surface area contributed by atoms with Gasteiger partial charge in [0.1, 0.15) is 6.33 Å². The minimum atomic E-state index is -0.582. The number of rotatable bonds is 6. The Hall–Kier alpha value is -2.28. The molecule has 0 saturated heterocycles. The molecule has 7 heteroatoms. The number of hydrogen-bond donors (Lipinski definition) is 2. The number of carbonyl (C=O) groups is 1. The largest absolute Gasteiger partial charge is 0.369 e. The SMILES string of the molecule is CC(NCC(C)(C)C(N)=O)c1cccc(-n2cnnn2)c1. The number of benzene rings is 1. The number of hydrogen-bond acceptors (Lipinski definition) is 5. The van der Waals surface area contributed by atoms with E-state index in [1.54, 1.807) is 11.0 Å². The molecule has 3 N–H and O–H groups in total. The second-order valence-corrected chi connectivity index (χ2v) is 5.70. The molecular formula is C14H20N6O. The fourth-order valence-electron chi connectivity index (χ4n) is 1.83. The molecule has 21 heavy (non-hydrogen) atoms. The number of tetrazole rings is 1. The Morgan fingerprint density at radius 2 is 2.24 bits per heavy atom. The summed E-state index contributed by atoms with van der Waals surface area (Å²) in [6, 6.07) is 7.98. The summed E-state index contributed by atoms with van der Waals surface area (Å²) in [6.07, 6.45) is 1.55. The first-order chi connectivity index (χ1) is 9.90. The van der Waals surface area contributed by atoms with Gasteiger partial charge in [0, 0.05) is 12.6 Å². The minimum Gasteiger partial charge on any atom is -0.369 e. The van der Waals surface area contributed by atoms with Gasteiger partial charge in [-0.15, -0.1) is 5.10 Å². The van der Waals surface area contributed by atoms with Crippen LogP contribution in [-0.2, 0) is 4.79 Å². The molecule has 0 saturated carbocycles. The van der Waals surface area contributed by atoms with Gasteiger partial charge in [0.25, 0.3) is 0 Å². The maximum absolute atomic E-state index is 11.3. The number of aromatic nitrogens is 4. The smallest absolute Gasteiger partial charge is 0.224 e. The van der Waals surface area contributed by atoms with Crippen LogP contribution < -0.4 is 11.1 Å². The molecule has 1 aromatic heterocycles. The van der Waals surface area contributed by atoms with Crippen LogP contribution in [0.1, 0.15) is 32.4 Å². The fourth-order valence-corrected chi connectivity index (χ4v) is 1.83. The molecule has 1 aromatic carbocycles. The van der Waals surface area contributed by atoms with Crippen molar-refractivity contribution in [3.63, 3.8) is 0 Å². The fraction of sp³-hybridized carbons (Fsp3) is 0.429. The summed E-state index contributed by atoms with van der Waals surface area (Å²) in [6.45, 7) is 6.20. The van der Waals surface area contributed by atoms with Gasteiger partial charge in [-0.05, 0) is 48.9 Å². The van der Waals surface area contributed by atoms with Crippen molar-refractivity contribution < 1.29 is 4.79 Å². The van der Waals surface area contributed by atoms with Crippen molar-refractivity contribution in [2.24, 2.45) is 11.1 Å². The monoisotopic (exact) mass is 288 g/mol. The van der Waals surface area contributed by atoms with Crippen LogP contribution in [0.25, 0.3) is 5.69 Å². The van der Waals surface area contributed by atoms with Gasteiger partial charge in [0.15, 0.2) is 0 Å². The molecule has 2 rings (SSSR count). The van der Waals surface area contributed by atoms with Crippen LogP contribution in [0, 0.1) is 5.41 Å². The van der Waals surface area contributed by atoms with Crippen LogP contribution in [-0.4, -0.2) is 32.7 Å². The third kappa shape index (κ3) is 3.63. The zero-order chi connectivity index (χ0) is 15.5. The van der Waals surface area contributed by atoms with Crippen LogP contribution >= 0.6 is 0 Å². The second-order valence-electron chi connectivity index (χ2n) is 5.70. The van der Waals surface area contributed by atoms with E-state index in [9.17, 15) is 4.79 Å². The highest BCUT2D eigenvalue weighted by atomic mass is 16.1. The molecular weight excluding hydrogens is 268 g/mol. The van der Waals surface area contributed by atoms with Crippen molar-refractivity contribution >= 4 is 5.91 Å². The predicted molar refractivity (Wildman–Crippen MR) is 78.5 cm³/mol. The highest BCUT2D eigenvalue weighted by molar-refractivity contribution is 5.80. The highest BCUT2D eigenvalue weighted by Gasteiger charge is 2.25. The van der Waals surface area contributed by atoms with Gasteiger partial charge in [0.05, 0.1) is 11.1 Å². The van der Waals surface area contributed by atoms with E-state index in [4.69, 9.17) is 5.73 Å². The van der Waals surface area contributed by atoms with E-state index in [-0.39, 0.29) is 11.9 Å². The average Bonchev–Trinajstić information content (AvgIpc) is 2.99. The lowest BCUT2D eigenvalue weighted by atomic mass is 9.92. The van der Waals surface area contributed by atoms with Crippen molar-refractivity contribution in [2.75, 3.05) is 6.54 Å². The van der Waals surface area contributed by atoms with E-state index in [0.29, 0.717) is 6.54 Å². The lowest BCUT2D eigenvalue weighted by Crippen LogP contribution is -2.41. The van der Waals surface area contributed by atoms with E-state index in [1.165, 1.54) is 0 Å². The number of nitrogens with two attached hydrogens (primary N) is 1. The van der Waals surface area contributed by atoms with Crippen LogP contribution in [0.15, 0.2) is 30.6 Å². The molecule has 2 aromatic rings. The molecule has 7 nitrogen and oxygen atoms in total. The maximum atomic E-state index is 11.3. The number of amides is 1. The van der Waals surface area contributed by atoms with E-state index in [0.717, 1.165) is 11.3 Å². The Morgan fingerprint density at radius 1 is 1.48 bits per heavy atom. The van der Waals surface area contributed by atoms with Crippen LogP contribution in [0.3, 0.4) is 0 Å². The maximum Gasteiger partial charge on any atom is 0.224 e. The van der Waals surface area contributed by atoms with Crippen LogP contribution in [0.5, 0.6) is 0 Å². The van der Waals surface area contributed by atoms with Gasteiger partial charge in [-0.25, -0.2) is 4.68 Å². The summed E-state index contributed by atoms with van der Waals surface area (Å²) in [5.41, 5.74) is 6.77. The summed E-state index contributed by atoms with van der Waals surface area (Å²) in [5.74, 6) is -0.315. The first kappa shape index (κ1) is 15.1. The summed E-state index contributed by atoms with van der Waals surface area (Å²) in [5, 5.41) is 14.5. The standard InChI is InChI=1S/C14H20N6O/c1-10(16-8-14(2,3)13(15)21)11-5-4-6-12(7-11)20-9-17-18-19-20/h4-7,9-10,16H,8H2,1-3H3,(H2,15,21). The minimum absolute atomic E-state index is 0.0834. The molecule has 1 unspecified atom stereocenters. The Labute approximate surface area is 123 Å². The summed E-state index contributed by atoms with van der Waals surface area (Å²) < 4.78 is 1.60. The molecule has 1 heterocycles. The number of primary amides is 1. The van der Waals surface area contributed by atoms with Gasteiger partial charge in [-0.2, -0.15) is 0 Å². The third-order valence-corrected chi connectivity index (χ3v) is 3.50. The summed E-state index contributed by atoms with van der Waals surface area (Å²) in [4.78, 5) is 11.3. The Bertz CT molecular complexity index is 608. The molecule has 1 amide bonds. The van der Waals surface area contributed by atoms with Crippen LogP contribution in [0.4, 0.5) is 0 Å². The first-order valence-corrected chi connectivity index (χ1v) is 6.77. The number of nitrogens with one attached hydrogen (secondary N) is 1. The zero-order valence-electron chi connectivity index (χ0n) is 12.4. The number of nitrogens with zero attached hydrogens (tertiary/aromatic N) is 4. The van der Waals surface area contributed by atoms with E-state index in [2.05, 4.69) is 20.8 Å². The summed E-state index contributed by atoms with van der Waals surface area (Å²) >= 11 is 0. The van der Waals surface area contributed by atoms with Crippen molar-refractivity contribution in [1.29, 1.82) is 0 Å². The molecule has 0 aliphatic rings. The normalized spacial score (nSPS) is 13.1. The molecule has 1 atom stereocenters. The Balaban J connectivity index is 2.08. The van der Waals surface area contributed by atoms with Crippen LogP contribution in [0.2, 0.25) is 0 Å². The predicted octanol–water partition coefficient (Wildman–Crippen LogP) is 0.824. The molecule has 0 aliphatic carbocycles. The quantitative estimate of drug-likeness (QED) is 0.820. The topological polar surface area (TPSA) is 98.7 Å². The van der Waals surface area contributed by atoms with Gasteiger partial charge in [0.2, 0.25) is 5.91 Å². The molecule has 0 aliphatic heterocycles. The zero-order valence-corrected chi connectivity index (χ0v) is 12.4. The number of carbonyl (C=O) groups excluding carboxylic acids is 1. The Kier molecular flexibility index (Phi) is 4.32. The van der Waals surface area contributed by atoms with Crippen molar-refractivity contribution in [3.8, 4) is 5.69 Å². The van der Waals surface area contributed by atoms with Gasteiger partial charge in [-0.1, -0.05) is 12.1 Å². The van der Waals surface area contributed by atoms with Gasteiger partial charge in [-0.3, -0.25) is 4.79 Å². The van der Waals surface area contributed by atoms with Gasteiger partial charge < -0.3 is 11.1 Å².